The summed E-state index contributed by atoms with van der Waals surface area (Å²) in [6.07, 6.45) is 0. The fourth-order valence-corrected chi connectivity index (χ4v) is 1.51. The summed E-state index contributed by atoms with van der Waals surface area (Å²) in [4.78, 5) is 0. The number of anilines is 1. The lowest BCUT2D eigenvalue weighted by Crippen LogP contribution is -1.79. The normalized spacial score (nSPS) is 8.50. The van der Waals surface area contributed by atoms with E-state index >= 15 is 0 Å². The smallest absolute Gasteiger partial charge is 0.0313 e. The summed E-state index contributed by atoms with van der Waals surface area (Å²) in [6.45, 7) is 4.55. The molecule has 1 aromatic carbocycles. The van der Waals surface area contributed by atoms with E-state index in [0.29, 0.717) is 9.52 Å². The van der Waals surface area contributed by atoms with Crippen molar-refractivity contribution >= 4 is 15.2 Å². The molecule has 0 unspecified atom stereocenters. The van der Waals surface area contributed by atoms with Gasteiger partial charge in [0.1, 0.15) is 0 Å². The molecule has 0 atom stereocenters. The molecule has 0 spiro atoms. The van der Waals surface area contributed by atoms with Gasteiger partial charge in [0.25, 0.3) is 0 Å². The van der Waals surface area contributed by atoms with E-state index < -0.39 is 0 Å². The average Bonchev–Trinajstić information content (AvgIpc) is 2.08. The maximum Gasteiger partial charge on any atom is 0.0313 e. The monoisotopic (exact) mass is 181 g/mol. The molecule has 2 N–H and O–H groups in total. The molecule has 12 heavy (non-hydrogen) atoms. The third-order valence-corrected chi connectivity index (χ3v) is 2.92. The lowest BCUT2D eigenvalue weighted by Gasteiger charge is -1.83. The van der Waals surface area contributed by atoms with Crippen molar-refractivity contribution in [3.05, 3.63) is 30.3 Å². The number of para-hydroxylation sites is 1. The van der Waals surface area contributed by atoms with Gasteiger partial charge in [0.15, 0.2) is 0 Å². The summed E-state index contributed by atoms with van der Waals surface area (Å²) in [6, 6.07) is 12.5. The summed E-state index contributed by atoms with van der Waals surface area (Å²) >= 11 is 0. The van der Waals surface area contributed by atoms with Crippen molar-refractivity contribution in [3.63, 3.8) is 0 Å². The Morgan fingerprint density at radius 1 is 1.08 bits per heavy atom. The molecule has 0 bridgehead atoms. The number of rotatable bonds is 2. The van der Waals surface area contributed by atoms with Gasteiger partial charge >= 0.3 is 0 Å². The van der Waals surface area contributed by atoms with E-state index in [0.717, 1.165) is 5.69 Å². The van der Waals surface area contributed by atoms with Crippen LogP contribution >= 0.6 is 0 Å². The van der Waals surface area contributed by atoms with Gasteiger partial charge in [-0.15, -0.1) is 0 Å². The lowest BCUT2D eigenvalue weighted by atomic mass is 10.3. The third kappa shape index (κ3) is 7.35. The highest BCUT2D eigenvalue weighted by Gasteiger charge is 1.72. The Morgan fingerprint density at radius 3 is 1.75 bits per heavy atom. The molecule has 0 saturated heterocycles. The van der Waals surface area contributed by atoms with E-state index in [1.807, 2.05) is 30.3 Å². The Labute approximate surface area is 77.8 Å². The molecular weight excluding hydrogens is 162 g/mol. The lowest BCUT2D eigenvalue weighted by molar-refractivity contribution is 1.36. The molecular formula is C10H19NSi. The third-order valence-electron chi connectivity index (χ3n) is 1.51. The Balaban J connectivity index is 0.000000217. The predicted octanol–water partition coefficient (Wildman–Crippen LogP) is 2.30. The van der Waals surface area contributed by atoms with Crippen molar-refractivity contribution in [1.29, 1.82) is 0 Å². The van der Waals surface area contributed by atoms with Gasteiger partial charge in [-0.05, 0) is 12.1 Å². The van der Waals surface area contributed by atoms with E-state index in [4.69, 9.17) is 5.73 Å². The number of nitrogens with two attached hydrogens (primary N) is 1. The van der Waals surface area contributed by atoms with E-state index in [1.54, 1.807) is 0 Å². The van der Waals surface area contributed by atoms with Crippen LogP contribution in [0.2, 0.25) is 12.1 Å². The molecule has 0 aromatic heterocycles. The quantitative estimate of drug-likeness (QED) is 0.550. The van der Waals surface area contributed by atoms with Crippen LogP contribution in [0.25, 0.3) is 0 Å². The summed E-state index contributed by atoms with van der Waals surface area (Å²) in [5.74, 6) is 0. The second-order valence-electron chi connectivity index (χ2n) is 2.76. The van der Waals surface area contributed by atoms with Gasteiger partial charge in [-0.25, -0.2) is 0 Å². The highest BCUT2D eigenvalue weighted by Crippen LogP contribution is 1.95. The topological polar surface area (TPSA) is 26.0 Å². The molecule has 2 heteroatoms. The molecule has 0 heterocycles. The minimum Gasteiger partial charge on any atom is -0.399 e. The second kappa shape index (κ2) is 8.33. The molecule has 1 rings (SSSR count). The zero-order chi connectivity index (χ0) is 9.23. The molecule has 0 aliphatic heterocycles. The predicted molar refractivity (Wildman–Crippen MR) is 60.4 cm³/mol. The van der Waals surface area contributed by atoms with Gasteiger partial charge in [0, 0.05) is 15.2 Å². The van der Waals surface area contributed by atoms with Crippen LogP contribution in [0.5, 0.6) is 0 Å². The van der Waals surface area contributed by atoms with E-state index in [1.165, 1.54) is 12.1 Å². The van der Waals surface area contributed by atoms with Crippen molar-refractivity contribution in [3.8, 4) is 0 Å². The Hall–Kier alpha value is -0.763. The van der Waals surface area contributed by atoms with Crippen molar-refractivity contribution in [2.24, 2.45) is 0 Å². The molecule has 0 radical (unpaired) electrons. The van der Waals surface area contributed by atoms with Crippen LogP contribution in [0.3, 0.4) is 0 Å². The fourth-order valence-electron chi connectivity index (χ4n) is 0.807. The molecule has 0 amide bonds. The molecule has 0 fully saturated rings. The SMILES string of the molecule is CC[SiH2]CC.Nc1ccccc1. The number of hydrogen-bond donors (Lipinski definition) is 1. The van der Waals surface area contributed by atoms with Gasteiger partial charge < -0.3 is 5.73 Å². The highest BCUT2D eigenvalue weighted by molar-refractivity contribution is 6.34. The Morgan fingerprint density at radius 2 is 1.58 bits per heavy atom. The zero-order valence-electron chi connectivity index (χ0n) is 8.09. The zero-order valence-corrected chi connectivity index (χ0v) is 9.50. The van der Waals surface area contributed by atoms with Crippen LogP contribution in [0, 0.1) is 0 Å². The van der Waals surface area contributed by atoms with Crippen molar-refractivity contribution in [2.45, 2.75) is 25.9 Å². The molecule has 0 saturated carbocycles. The van der Waals surface area contributed by atoms with Crippen LogP contribution in [0.15, 0.2) is 30.3 Å². The van der Waals surface area contributed by atoms with Crippen LogP contribution in [0.4, 0.5) is 5.69 Å². The van der Waals surface area contributed by atoms with Crippen LogP contribution in [0.1, 0.15) is 13.8 Å². The van der Waals surface area contributed by atoms with Crippen LogP contribution in [-0.2, 0) is 0 Å². The van der Waals surface area contributed by atoms with E-state index in [9.17, 15) is 0 Å². The molecule has 1 nitrogen and oxygen atoms in total. The standard InChI is InChI=1S/C6H7N.C4H12Si/c7-6-4-2-1-3-5-6;1-3-5-4-2/h1-5H,7H2;3-5H2,1-2H3. The van der Waals surface area contributed by atoms with Gasteiger partial charge in [-0.1, -0.05) is 44.1 Å². The number of hydrogen-bond acceptors (Lipinski definition) is 1. The van der Waals surface area contributed by atoms with E-state index in [-0.39, 0.29) is 0 Å². The first-order chi connectivity index (χ1) is 5.81. The Bertz CT molecular complexity index is 172. The first kappa shape index (κ1) is 11.2. The van der Waals surface area contributed by atoms with E-state index in [2.05, 4.69) is 13.8 Å². The maximum absolute atomic E-state index is 5.36. The van der Waals surface area contributed by atoms with Crippen molar-refractivity contribution in [2.75, 3.05) is 5.73 Å². The summed E-state index contributed by atoms with van der Waals surface area (Å²) < 4.78 is 0. The van der Waals surface area contributed by atoms with Gasteiger partial charge in [-0.3, -0.25) is 0 Å². The minimum absolute atomic E-state index is 0.432. The Kier molecular flexibility index (Phi) is 7.80. The summed E-state index contributed by atoms with van der Waals surface area (Å²) in [5.41, 5.74) is 6.18. The molecule has 68 valence electrons. The fraction of sp³-hybridized carbons (Fsp3) is 0.400. The molecule has 0 aliphatic rings. The van der Waals surface area contributed by atoms with Gasteiger partial charge in [0.05, 0.1) is 0 Å². The largest absolute Gasteiger partial charge is 0.399 e. The first-order valence-corrected chi connectivity index (χ1v) is 6.61. The van der Waals surface area contributed by atoms with Crippen molar-refractivity contribution < 1.29 is 0 Å². The summed E-state index contributed by atoms with van der Waals surface area (Å²) in [7, 11) is 0.432. The van der Waals surface area contributed by atoms with Crippen molar-refractivity contribution in [1.82, 2.24) is 0 Å². The summed E-state index contributed by atoms with van der Waals surface area (Å²) in [5, 5.41) is 0. The van der Waals surface area contributed by atoms with Gasteiger partial charge in [0.2, 0.25) is 0 Å². The number of benzene rings is 1. The first-order valence-electron chi connectivity index (χ1n) is 4.61. The van der Waals surface area contributed by atoms with Crippen LogP contribution in [-0.4, -0.2) is 9.52 Å². The molecule has 1 aromatic rings. The average molecular weight is 181 g/mol. The maximum atomic E-state index is 5.36. The second-order valence-corrected chi connectivity index (χ2v) is 5.47. The highest BCUT2D eigenvalue weighted by atomic mass is 28.2. The number of nitrogen functional groups attached to an aromatic ring is 1. The van der Waals surface area contributed by atoms with Gasteiger partial charge in [-0.2, -0.15) is 0 Å². The minimum atomic E-state index is 0.432. The van der Waals surface area contributed by atoms with Crippen LogP contribution < -0.4 is 5.73 Å². The molecule has 0 aliphatic carbocycles.